The van der Waals surface area contributed by atoms with Gasteiger partial charge in [0.05, 0.1) is 20.5 Å². The van der Waals surface area contributed by atoms with Crippen LogP contribution in [0.2, 0.25) is 0 Å². The van der Waals surface area contributed by atoms with Gasteiger partial charge in [0.2, 0.25) is 11.7 Å². The number of aromatic nitrogens is 3. The summed E-state index contributed by atoms with van der Waals surface area (Å²) in [4.78, 5) is 34.2. The first-order chi connectivity index (χ1) is 11.8. The predicted octanol–water partition coefficient (Wildman–Crippen LogP) is 0.0786. The molecule has 0 saturated carbocycles. The summed E-state index contributed by atoms with van der Waals surface area (Å²) in [5, 5.41) is 2.12. The van der Waals surface area contributed by atoms with E-state index in [1.165, 1.54) is 14.0 Å². The second-order valence-electron chi connectivity index (χ2n) is 4.36. The smallest absolute Gasteiger partial charge is 0.375 e. The fourth-order valence-electron chi connectivity index (χ4n) is 1.66. The molecule has 2 amide bonds. The number of nitrogens with zero attached hydrogens (tertiary/aromatic N) is 3. The Labute approximate surface area is 141 Å². The summed E-state index contributed by atoms with van der Waals surface area (Å²) in [5.41, 5.74) is 0. The van der Waals surface area contributed by atoms with Crippen LogP contribution in [0.1, 0.15) is 16.4 Å². The molecule has 0 fully saturated rings. The van der Waals surface area contributed by atoms with Crippen LogP contribution < -0.4 is 14.8 Å². The number of methoxy groups -OCH3 is 2. The summed E-state index contributed by atoms with van der Waals surface area (Å²) in [6, 6.07) is -0.226. The van der Waals surface area contributed by atoms with Gasteiger partial charge in [0.15, 0.2) is 0 Å². The van der Waals surface area contributed by atoms with Crippen molar-refractivity contribution in [2.45, 2.75) is 11.8 Å². The van der Waals surface area contributed by atoms with Gasteiger partial charge < -0.3 is 13.9 Å². The lowest BCUT2D eigenvalue weighted by Gasteiger charge is -2.08. The van der Waals surface area contributed by atoms with E-state index < -0.39 is 32.7 Å². The summed E-state index contributed by atoms with van der Waals surface area (Å²) >= 11 is 0. The van der Waals surface area contributed by atoms with Crippen LogP contribution in [-0.4, -0.2) is 49.6 Å². The maximum absolute atomic E-state index is 12.2. The monoisotopic (exact) mass is 371 g/mol. The van der Waals surface area contributed by atoms with Crippen LogP contribution in [0.15, 0.2) is 21.6 Å². The molecule has 0 aromatic carbocycles. The van der Waals surface area contributed by atoms with Crippen molar-refractivity contribution in [3.05, 3.63) is 23.9 Å². The zero-order chi connectivity index (χ0) is 18.6. The number of anilines is 1. The topological polar surface area (TPSA) is 163 Å². The fourth-order valence-corrected chi connectivity index (χ4v) is 2.67. The Balaban J connectivity index is 2.19. The number of sulfonamides is 1. The molecule has 25 heavy (non-hydrogen) atoms. The van der Waals surface area contributed by atoms with Crippen LogP contribution in [0.4, 0.5) is 10.7 Å². The van der Waals surface area contributed by atoms with Crippen molar-refractivity contribution in [2.24, 2.45) is 0 Å². The minimum atomic E-state index is -4.41. The Bertz CT molecular complexity index is 908. The first kappa shape index (κ1) is 18.1. The van der Waals surface area contributed by atoms with Gasteiger partial charge in [0, 0.05) is 0 Å². The molecule has 2 aromatic rings. The van der Waals surface area contributed by atoms with Crippen LogP contribution in [0.3, 0.4) is 0 Å². The Kier molecular flexibility index (Phi) is 5.17. The number of hydrogen-bond acceptors (Lipinski definition) is 10. The third-order valence-electron chi connectivity index (χ3n) is 2.65. The normalized spacial score (nSPS) is 10.8. The van der Waals surface area contributed by atoms with Gasteiger partial charge in [-0.05, 0) is 13.0 Å². The van der Waals surface area contributed by atoms with Crippen LogP contribution in [0, 0.1) is 6.92 Å². The molecule has 0 spiro atoms. The Morgan fingerprint density at radius 1 is 1.20 bits per heavy atom. The highest BCUT2D eigenvalue weighted by molar-refractivity contribution is 7.90. The maximum Gasteiger partial charge on any atom is 0.375 e. The van der Waals surface area contributed by atoms with Crippen LogP contribution in [0.25, 0.3) is 0 Å². The van der Waals surface area contributed by atoms with E-state index in [0.717, 1.165) is 19.4 Å². The zero-order valence-electron chi connectivity index (χ0n) is 13.3. The van der Waals surface area contributed by atoms with Gasteiger partial charge in [-0.3, -0.25) is 5.32 Å². The Hall–Kier alpha value is -3.22. The highest BCUT2D eigenvalue weighted by Crippen LogP contribution is 2.18. The molecule has 0 aliphatic rings. The second kappa shape index (κ2) is 7.12. The molecule has 0 atom stereocenters. The number of rotatable bonds is 5. The predicted molar refractivity (Wildman–Crippen MR) is 80.5 cm³/mol. The summed E-state index contributed by atoms with van der Waals surface area (Å²) < 4.78 is 40.1. The SMILES string of the molecule is COC(=O)c1occc1S(=O)(=O)NC(=O)Nc1nc(C)nc(OC)n1. The first-order valence-electron chi connectivity index (χ1n) is 6.53. The lowest BCUT2D eigenvalue weighted by molar-refractivity contribution is 0.0559. The van der Waals surface area contributed by atoms with Gasteiger partial charge in [-0.2, -0.15) is 15.0 Å². The third-order valence-corrected chi connectivity index (χ3v) is 4.01. The minimum Gasteiger partial charge on any atom is -0.467 e. The van der Waals surface area contributed by atoms with Crippen molar-refractivity contribution in [2.75, 3.05) is 19.5 Å². The van der Waals surface area contributed by atoms with E-state index >= 15 is 0 Å². The summed E-state index contributed by atoms with van der Waals surface area (Å²) in [6.07, 6.45) is 0.971. The van der Waals surface area contributed by atoms with Gasteiger partial charge in [-0.15, -0.1) is 0 Å². The Morgan fingerprint density at radius 3 is 2.56 bits per heavy atom. The van der Waals surface area contributed by atoms with Crippen molar-refractivity contribution < 1.29 is 31.9 Å². The molecule has 0 aliphatic heterocycles. The number of amides is 2. The number of furan rings is 1. The minimum absolute atomic E-state index is 0.0616. The third kappa shape index (κ3) is 4.20. The number of carbonyl (C=O) groups excluding carboxylic acids is 2. The van der Waals surface area contributed by atoms with Gasteiger partial charge in [-0.1, -0.05) is 0 Å². The summed E-state index contributed by atoms with van der Waals surface area (Å²) in [7, 11) is -2.04. The number of aryl methyl sites for hydroxylation is 1. The molecule has 0 bridgehead atoms. The van der Waals surface area contributed by atoms with Crippen molar-refractivity contribution in [1.82, 2.24) is 19.7 Å². The molecule has 2 rings (SSSR count). The molecule has 0 aliphatic carbocycles. The molecular formula is C12H13N5O7S. The Morgan fingerprint density at radius 2 is 1.92 bits per heavy atom. The molecule has 13 heteroatoms. The molecule has 0 saturated heterocycles. The number of ether oxygens (including phenoxy) is 2. The lowest BCUT2D eigenvalue weighted by atomic mass is 10.4. The molecule has 2 heterocycles. The number of urea groups is 1. The van der Waals surface area contributed by atoms with E-state index in [4.69, 9.17) is 9.15 Å². The van der Waals surface area contributed by atoms with Gasteiger partial charge in [0.25, 0.3) is 10.0 Å². The van der Waals surface area contributed by atoms with E-state index in [1.54, 1.807) is 4.72 Å². The molecule has 2 aromatic heterocycles. The van der Waals surface area contributed by atoms with Crippen molar-refractivity contribution >= 4 is 28.0 Å². The van der Waals surface area contributed by atoms with Gasteiger partial charge in [0.1, 0.15) is 10.7 Å². The average molecular weight is 371 g/mol. The van der Waals surface area contributed by atoms with Crippen LogP contribution in [-0.2, 0) is 14.8 Å². The molecule has 12 nitrogen and oxygen atoms in total. The fraction of sp³-hybridized carbons (Fsp3) is 0.250. The van der Waals surface area contributed by atoms with E-state index in [-0.39, 0.29) is 17.8 Å². The zero-order valence-corrected chi connectivity index (χ0v) is 14.1. The van der Waals surface area contributed by atoms with Crippen LogP contribution in [0.5, 0.6) is 6.01 Å². The van der Waals surface area contributed by atoms with E-state index in [1.807, 2.05) is 0 Å². The molecule has 2 N–H and O–H groups in total. The summed E-state index contributed by atoms with van der Waals surface area (Å²) in [6.45, 7) is 1.53. The number of carbonyl (C=O) groups is 2. The lowest BCUT2D eigenvalue weighted by Crippen LogP contribution is -2.35. The molecule has 134 valence electrons. The quantitative estimate of drug-likeness (QED) is 0.688. The second-order valence-corrected chi connectivity index (χ2v) is 6.01. The number of nitrogens with one attached hydrogen (secondary N) is 2. The van der Waals surface area contributed by atoms with Gasteiger partial charge in [-0.25, -0.2) is 22.7 Å². The highest BCUT2D eigenvalue weighted by Gasteiger charge is 2.28. The summed E-state index contributed by atoms with van der Waals surface area (Å²) in [5.74, 6) is -1.56. The van der Waals surface area contributed by atoms with Gasteiger partial charge >= 0.3 is 18.0 Å². The molecule has 0 radical (unpaired) electrons. The maximum atomic E-state index is 12.2. The first-order valence-corrected chi connectivity index (χ1v) is 8.01. The van der Waals surface area contributed by atoms with Crippen molar-refractivity contribution in [3.8, 4) is 6.01 Å². The number of hydrogen-bond donors (Lipinski definition) is 2. The highest BCUT2D eigenvalue weighted by atomic mass is 32.2. The largest absolute Gasteiger partial charge is 0.467 e. The number of esters is 1. The molecular weight excluding hydrogens is 358 g/mol. The molecule has 0 unspecified atom stereocenters. The van der Waals surface area contributed by atoms with E-state index in [9.17, 15) is 18.0 Å². The van der Waals surface area contributed by atoms with Crippen molar-refractivity contribution in [1.29, 1.82) is 0 Å². The standard InChI is InChI=1S/C12H13N5O7S/c1-6-13-10(16-12(14-6)23-3)15-11(19)17-25(20,21)7-4-5-24-8(7)9(18)22-2/h4-5H,1-3H3,(H2,13,14,15,16,17,19). The van der Waals surface area contributed by atoms with E-state index in [2.05, 4.69) is 25.0 Å². The average Bonchev–Trinajstić information content (AvgIpc) is 3.03. The van der Waals surface area contributed by atoms with E-state index in [0.29, 0.717) is 0 Å². The van der Waals surface area contributed by atoms with Crippen molar-refractivity contribution in [3.63, 3.8) is 0 Å². The van der Waals surface area contributed by atoms with Crippen LogP contribution >= 0.6 is 0 Å².